The highest BCUT2D eigenvalue weighted by atomic mass is 16.5. The Morgan fingerprint density at radius 1 is 1.28 bits per heavy atom. The summed E-state index contributed by atoms with van der Waals surface area (Å²) in [6, 6.07) is 12.3. The monoisotopic (exact) mass is 336 g/mol. The smallest absolute Gasteiger partial charge is 0.251 e. The summed E-state index contributed by atoms with van der Waals surface area (Å²) >= 11 is 0. The Morgan fingerprint density at radius 2 is 2.20 bits per heavy atom. The van der Waals surface area contributed by atoms with Gasteiger partial charge in [-0.05, 0) is 29.5 Å². The van der Waals surface area contributed by atoms with Gasteiger partial charge in [-0.3, -0.25) is 4.79 Å². The largest absolute Gasteiger partial charge is 0.472 e. The molecule has 0 radical (unpaired) electrons. The van der Waals surface area contributed by atoms with E-state index in [-0.39, 0.29) is 18.1 Å². The molecule has 2 heterocycles. The average molecular weight is 336 g/mol. The summed E-state index contributed by atoms with van der Waals surface area (Å²) in [5.41, 5.74) is 3.43. The summed E-state index contributed by atoms with van der Waals surface area (Å²) in [6.45, 7) is 1.31. The number of carbonyl (C=O) groups is 1. The van der Waals surface area contributed by atoms with Gasteiger partial charge in [-0.2, -0.15) is 0 Å². The second kappa shape index (κ2) is 5.85. The summed E-state index contributed by atoms with van der Waals surface area (Å²) in [5, 5.41) is 3.19. The van der Waals surface area contributed by atoms with Crippen LogP contribution >= 0.6 is 0 Å². The summed E-state index contributed by atoms with van der Waals surface area (Å²) in [5.74, 6) is 1.47. The molecule has 1 aromatic heterocycles. The summed E-state index contributed by atoms with van der Waals surface area (Å²) < 4.78 is 11.1. The first-order valence-corrected chi connectivity index (χ1v) is 8.89. The maximum Gasteiger partial charge on any atom is 0.251 e. The topological polar surface area (TPSA) is 60.5 Å². The molecule has 0 unspecified atom stereocenters. The minimum absolute atomic E-state index is 0.0325. The van der Waals surface area contributed by atoms with Crippen LogP contribution in [0.4, 0.5) is 0 Å². The minimum Gasteiger partial charge on any atom is -0.472 e. The third-order valence-corrected chi connectivity index (χ3v) is 5.51. The molecule has 5 heteroatoms. The van der Waals surface area contributed by atoms with E-state index in [9.17, 15) is 4.79 Å². The van der Waals surface area contributed by atoms with Crippen LogP contribution in [0, 0.1) is 5.92 Å². The molecule has 0 spiro atoms. The van der Waals surface area contributed by atoms with Gasteiger partial charge in [-0.25, -0.2) is 4.98 Å². The highest BCUT2D eigenvalue weighted by molar-refractivity contribution is 5.95. The van der Waals surface area contributed by atoms with E-state index < -0.39 is 0 Å². The Morgan fingerprint density at radius 3 is 3.08 bits per heavy atom. The van der Waals surface area contributed by atoms with Crippen molar-refractivity contribution in [3.8, 4) is 5.88 Å². The molecule has 25 heavy (non-hydrogen) atoms. The second-order valence-corrected chi connectivity index (χ2v) is 7.08. The molecule has 1 N–H and O–H groups in total. The van der Waals surface area contributed by atoms with Crippen molar-refractivity contribution in [1.29, 1.82) is 0 Å². The van der Waals surface area contributed by atoms with Gasteiger partial charge in [0.15, 0.2) is 0 Å². The molecule has 0 bridgehead atoms. The number of pyridine rings is 1. The number of fused-ring (bicyclic) bond motifs is 3. The number of nitrogens with one attached hydrogen (secondary N) is 1. The predicted molar refractivity (Wildman–Crippen MR) is 91.7 cm³/mol. The molecule has 5 rings (SSSR count). The minimum atomic E-state index is -0.0493. The number of amides is 1. The van der Waals surface area contributed by atoms with E-state index >= 15 is 0 Å². The van der Waals surface area contributed by atoms with E-state index in [0.29, 0.717) is 29.9 Å². The van der Waals surface area contributed by atoms with Gasteiger partial charge in [0.05, 0.1) is 13.2 Å². The normalized spacial score (nSPS) is 29.0. The van der Waals surface area contributed by atoms with Crippen molar-refractivity contribution in [1.82, 2.24) is 10.3 Å². The van der Waals surface area contributed by atoms with Crippen LogP contribution in [0.25, 0.3) is 0 Å². The quantitative estimate of drug-likeness (QED) is 0.931. The Kier molecular flexibility index (Phi) is 3.48. The fraction of sp³-hybridized carbons (Fsp3) is 0.400. The van der Waals surface area contributed by atoms with E-state index in [4.69, 9.17) is 9.47 Å². The van der Waals surface area contributed by atoms with Gasteiger partial charge in [-0.15, -0.1) is 0 Å². The van der Waals surface area contributed by atoms with E-state index in [1.165, 1.54) is 11.1 Å². The predicted octanol–water partition coefficient (Wildman–Crippen LogP) is 2.32. The van der Waals surface area contributed by atoms with Crippen LogP contribution in [-0.4, -0.2) is 36.3 Å². The molecule has 2 fully saturated rings. The van der Waals surface area contributed by atoms with Crippen LogP contribution in [0.1, 0.15) is 33.8 Å². The van der Waals surface area contributed by atoms with Crippen LogP contribution in [0.15, 0.2) is 42.6 Å². The van der Waals surface area contributed by atoms with Crippen molar-refractivity contribution in [2.75, 3.05) is 13.2 Å². The lowest BCUT2D eigenvalue weighted by atomic mass is 10.1. The lowest BCUT2D eigenvalue weighted by molar-refractivity contribution is 0.0946. The number of aromatic nitrogens is 1. The fourth-order valence-corrected chi connectivity index (χ4v) is 4.17. The number of hydrogen-bond acceptors (Lipinski definition) is 4. The van der Waals surface area contributed by atoms with Crippen molar-refractivity contribution < 1.29 is 14.3 Å². The second-order valence-electron chi connectivity index (χ2n) is 7.08. The number of nitrogens with zero attached hydrogens (tertiary/aromatic N) is 1. The first kappa shape index (κ1) is 14.9. The van der Waals surface area contributed by atoms with Crippen LogP contribution < -0.4 is 10.1 Å². The molecule has 1 amide bonds. The maximum atomic E-state index is 12.6. The Hall–Kier alpha value is -2.40. The van der Waals surface area contributed by atoms with E-state index in [1.807, 2.05) is 0 Å². The number of ether oxygens (including phenoxy) is 2. The molecule has 1 saturated heterocycles. The SMILES string of the molecule is O=C(N[C@@H]1[C@@H]2Cc3ccccc3[C@H]21)c1ccnc(O[C@H]2CCOC2)c1. The van der Waals surface area contributed by atoms with Crippen molar-refractivity contribution >= 4 is 5.91 Å². The van der Waals surface area contributed by atoms with E-state index in [1.54, 1.807) is 18.3 Å². The average Bonchev–Trinajstić information content (AvgIpc) is 3.01. The molecular weight excluding hydrogens is 316 g/mol. The molecule has 128 valence electrons. The van der Waals surface area contributed by atoms with Crippen LogP contribution in [0.5, 0.6) is 5.88 Å². The van der Waals surface area contributed by atoms with Gasteiger partial charge in [0.2, 0.25) is 5.88 Å². The molecular formula is C20H20N2O3. The van der Waals surface area contributed by atoms with Gasteiger partial charge in [-0.1, -0.05) is 24.3 Å². The Labute approximate surface area is 146 Å². The summed E-state index contributed by atoms with van der Waals surface area (Å²) in [4.78, 5) is 16.8. The zero-order chi connectivity index (χ0) is 16.8. The van der Waals surface area contributed by atoms with Crippen molar-refractivity contribution in [3.05, 3.63) is 59.3 Å². The summed E-state index contributed by atoms with van der Waals surface area (Å²) in [7, 11) is 0. The zero-order valence-corrected chi connectivity index (χ0v) is 13.9. The first-order valence-electron chi connectivity index (χ1n) is 8.89. The van der Waals surface area contributed by atoms with Crippen molar-refractivity contribution in [2.45, 2.75) is 30.9 Å². The van der Waals surface area contributed by atoms with Crippen LogP contribution in [0.3, 0.4) is 0 Å². The van der Waals surface area contributed by atoms with Crippen molar-refractivity contribution in [3.63, 3.8) is 0 Å². The van der Waals surface area contributed by atoms with Gasteiger partial charge < -0.3 is 14.8 Å². The first-order chi connectivity index (χ1) is 12.3. The van der Waals surface area contributed by atoms with Gasteiger partial charge in [0, 0.05) is 36.2 Å². The standard InChI is InChI=1S/C20H20N2O3/c23-20(13-5-7-21-17(10-13)25-14-6-8-24-11-14)22-19-16-9-12-3-1-2-4-15(12)18(16)19/h1-5,7,10,14,16,18-19H,6,8-9,11H2,(H,22,23)/t14-,16+,18+,19+/m0/s1. The molecule has 5 nitrogen and oxygen atoms in total. The molecule has 1 saturated carbocycles. The maximum absolute atomic E-state index is 12.6. The van der Waals surface area contributed by atoms with Crippen molar-refractivity contribution in [2.24, 2.45) is 5.92 Å². The van der Waals surface area contributed by atoms with E-state index in [2.05, 4.69) is 34.6 Å². The summed E-state index contributed by atoms with van der Waals surface area (Å²) in [6.07, 6.45) is 3.59. The van der Waals surface area contributed by atoms with Gasteiger partial charge in [0.25, 0.3) is 5.91 Å². The van der Waals surface area contributed by atoms with E-state index in [0.717, 1.165) is 19.4 Å². The highest BCUT2D eigenvalue weighted by Gasteiger charge is 2.56. The molecule has 1 aliphatic heterocycles. The lowest BCUT2D eigenvalue weighted by Crippen LogP contribution is -2.29. The fourth-order valence-electron chi connectivity index (χ4n) is 4.17. The third-order valence-electron chi connectivity index (χ3n) is 5.51. The highest BCUT2D eigenvalue weighted by Crippen LogP contribution is 2.56. The molecule has 4 atom stereocenters. The number of benzene rings is 1. The number of rotatable bonds is 4. The van der Waals surface area contributed by atoms with Crippen LogP contribution in [-0.2, 0) is 11.2 Å². The molecule has 2 aromatic rings. The van der Waals surface area contributed by atoms with Gasteiger partial charge in [0.1, 0.15) is 6.10 Å². The molecule has 1 aromatic carbocycles. The third kappa shape index (κ3) is 2.68. The zero-order valence-electron chi connectivity index (χ0n) is 13.9. The van der Waals surface area contributed by atoms with Gasteiger partial charge >= 0.3 is 0 Å². The molecule has 3 aliphatic rings. The Balaban J connectivity index is 1.25. The Bertz CT molecular complexity index is 816. The molecule has 2 aliphatic carbocycles. The number of hydrogen-bond donors (Lipinski definition) is 1. The lowest BCUT2D eigenvalue weighted by Gasteiger charge is -2.12. The number of carbonyl (C=O) groups excluding carboxylic acids is 1. The van der Waals surface area contributed by atoms with Crippen LogP contribution in [0.2, 0.25) is 0 Å².